The number of hydrogen-bond donors (Lipinski definition) is 3. The maximum Gasteiger partial charge on any atom is 0.191 e. The molecule has 1 atom stereocenters. The van der Waals surface area contributed by atoms with Crippen LogP contribution in [0.15, 0.2) is 23.2 Å². The van der Waals surface area contributed by atoms with Crippen molar-refractivity contribution in [1.82, 2.24) is 10.6 Å². The van der Waals surface area contributed by atoms with E-state index in [9.17, 15) is 9.50 Å². The SMILES string of the molecule is CCNC(=NCc1ccc(O)c(F)c1)NCC1(C)CCCS1. The van der Waals surface area contributed by atoms with Crippen LogP contribution in [-0.2, 0) is 6.54 Å². The molecule has 1 saturated heterocycles. The summed E-state index contributed by atoms with van der Waals surface area (Å²) >= 11 is 2.00. The van der Waals surface area contributed by atoms with Crippen LogP contribution >= 0.6 is 11.8 Å². The van der Waals surface area contributed by atoms with Crippen LogP contribution in [0.2, 0.25) is 0 Å². The summed E-state index contributed by atoms with van der Waals surface area (Å²) in [6.07, 6.45) is 2.48. The van der Waals surface area contributed by atoms with Gasteiger partial charge in [-0.1, -0.05) is 6.07 Å². The molecule has 2 rings (SSSR count). The van der Waals surface area contributed by atoms with Gasteiger partial charge in [0.25, 0.3) is 0 Å². The quantitative estimate of drug-likeness (QED) is 0.575. The van der Waals surface area contributed by atoms with E-state index < -0.39 is 5.82 Å². The fraction of sp³-hybridized carbons (Fsp3) is 0.562. The highest BCUT2D eigenvalue weighted by Crippen LogP contribution is 2.36. The summed E-state index contributed by atoms with van der Waals surface area (Å²) in [6, 6.07) is 4.35. The number of phenols is 1. The van der Waals surface area contributed by atoms with Crippen molar-refractivity contribution in [1.29, 1.82) is 0 Å². The summed E-state index contributed by atoms with van der Waals surface area (Å²) in [7, 11) is 0. The molecule has 1 aliphatic rings. The molecule has 1 fully saturated rings. The second kappa shape index (κ2) is 7.72. The van der Waals surface area contributed by atoms with Crippen LogP contribution in [0.3, 0.4) is 0 Å². The zero-order valence-electron chi connectivity index (χ0n) is 13.2. The molecule has 0 saturated carbocycles. The molecule has 1 unspecified atom stereocenters. The Morgan fingerprint density at radius 3 is 2.91 bits per heavy atom. The monoisotopic (exact) mass is 325 g/mol. The minimum atomic E-state index is -0.611. The zero-order valence-corrected chi connectivity index (χ0v) is 14.0. The largest absolute Gasteiger partial charge is 0.505 e. The van der Waals surface area contributed by atoms with Crippen molar-refractivity contribution in [3.8, 4) is 5.75 Å². The van der Waals surface area contributed by atoms with Gasteiger partial charge in [-0.3, -0.25) is 0 Å². The molecule has 1 heterocycles. The molecule has 1 aromatic rings. The molecule has 1 aliphatic heterocycles. The Balaban J connectivity index is 1.95. The molecule has 0 aliphatic carbocycles. The molecule has 4 nitrogen and oxygen atoms in total. The van der Waals surface area contributed by atoms with Crippen molar-refractivity contribution in [3.05, 3.63) is 29.6 Å². The third-order valence-corrected chi connectivity index (χ3v) is 5.24. The van der Waals surface area contributed by atoms with E-state index >= 15 is 0 Å². The van der Waals surface area contributed by atoms with Crippen LogP contribution in [0.25, 0.3) is 0 Å². The Labute approximate surface area is 135 Å². The molecule has 0 radical (unpaired) electrons. The predicted octanol–water partition coefficient (Wildman–Crippen LogP) is 2.87. The maximum atomic E-state index is 13.3. The molecule has 1 aromatic carbocycles. The van der Waals surface area contributed by atoms with Gasteiger partial charge in [0.05, 0.1) is 6.54 Å². The van der Waals surface area contributed by atoms with Crippen LogP contribution in [0, 0.1) is 5.82 Å². The van der Waals surface area contributed by atoms with Crippen molar-refractivity contribution in [2.75, 3.05) is 18.8 Å². The molecule has 0 spiro atoms. The highest BCUT2D eigenvalue weighted by Gasteiger charge is 2.29. The molecular weight excluding hydrogens is 301 g/mol. The zero-order chi connectivity index (χ0) is 16.0. The smallest absolute Gasteiger partial charge is 0.191 e. The van der Waals surface area contributed by atoms with Gasteiger partial charge in [-0.15, -0.1) is 0 Å². The summed E-state index contributed by atoms with van der Waals surface area (Å²) in [5.41, 5.74) is 0.731. The predicted molar refractivity (Wildman–Crippen MR) is 91.0 cm³/mol. The molecule has 0 bridgehead atoms. The molecule has 122 valence electrons. The Morgan fingerprint density at radius 1 is 1.45 bits per heavy atom. The van der Waals surface area contributed by atoms with Crippen molar-refractivity contribution < 1.29 is 9.50 Å². The number of phenolic OH excluding ortho intramolecular Hbond substituents is 1. The molecular formula is C16H24FN3OS. The highest BCUT2D eigenvalue weighted by molar-refractivity contribution is 8.00. The Kier molecular flexibility index (Phi) is 5.94. The summed E-state index contributed by atoms with van der Waals surface area (Å²) in [5, 5.41) is 15.8. The van der Waals surface area contributed by atoms with Gasteiger partial charge in [0.1, 0.15) is 0 Å². The minimum absolute atomic E-state index is 0.265. The number of nitrogens with one attached hydrogen (secondary N) is 2. The second-order valence-corrected chi connectivity index (χ2v) is 7.42. The van der Waals surface area contributed by atoms with Gasteiger partial charge in [0.2, 0.25) is 0 Å². The van der Waals surface area contributed by atoms with E-state index in [4.69, 9.17) is 0 Å². The normalized spacial score (nSPS) is 21.9. The number of nitrogens with zero attached hydrogens (tertiary/aromatic N) is 1. The fourth-order valence-corrected chi connectivity index (χ4v) is 3.65. The summed E-state index contributed by atoms with van der Waals surface area (Å²) in [4.78, 5) is 4.48. The van der Waals surface area contributed by atoms with Gasteiger partial charge in [0.15, 0.2) is 17.5 Å². The third-order valence-electron chi connectivity index (χ3n) is 3.71. The highest BCUT2D eigenvalue weighted by atomic mass is 32.2. The van der Waals surface area contributed by atoms with Gasteiger partial charge >= 0.3 is 0 Å². The molecule has 6 heteroatoms. The van der Waals surface area contributed by atoms with Crippen LogP contribution in [0.1, 0.15) is 32.3 Å². The number of hydrogen-bond acceptors (Lipinski definition) is 3. The Morgan fingerprint density at radius 2 is 2.27 bits per heavy atom. The molecule has 0 aromatic heterocycles. The first kappa shape index (κ1) is 16.9. The Hall–Kier alpha value is -1.43. The summed E-state index contributed by atoms with van der Waals surface area (Å²) in [6.45, 7) is 6.31. The van der Waals surface area contributed by atoms with Crippen molar-refractivity contribution in [2.24, 2.45) is 4.99 Å². The van der Waals surface area contributed by atoms with Gasteiger partial charge in [-0.05, 0) is 50.1 Å². The van der Waals surface area contributed by atoms with Crippen LogP contribution in [0.4, 0.5) is 4.39 Å². The number of benzene rings is 1. The van der Waals surface area contributed by atoms with Crippen molar-refractivity contribution in [3.63, 3.8) is 0 Å². The van der Waals surface area contributed by atoms with E-state index in [1.807, 2.05) is 18.7 Å². The number of aliphatic imine (C=N–C) groups is 1. The van der Waals surface area contributed by atoms with E-state index in [1.165, 1.54) is 30.7 Å². The Bertz CT molecular complexity index is 530. The van der Waals surface area contributed by atoms with Crippen molar-refractivity contribution >= 4 is 17.7 Å². The van der Waals surface area contributed by atoms with E-state index in [0.29, 0.717) is 6.54 Å². The van der Waals surface area contributed by atoms with E-state index in [-0.39, 0.29) is 10.5 Å². The molecule has 22 heavy (non-hydrogen) atoms. The average molecular weight is 325 g/mol. The first-order valence-corrected chi connectivity index (χ1v) is 8.64. The lowest BCUT2D eigenvalue weighted by molar-refractivity contribution is 0.432. The third kappa shape index (κ3) is 4.80. The minimum Gasteiger partial charge on any atom is -0.505 e. The topological polar surface area (TPSA) is 56.7 Å². The lowest BCUT2D eigenvalue weighted by Crippen LogP contribution is -2.43. The summed E-state index contributed by atoms with van der Waals surface area (Å²) < 4.78 is 13.6. The van der Waals surface area contributed by atoms with E-state index in [0.717, 1.165) is 24.6 Å². The first-order valence-electron chi connectivity index (χ1n) is 7.66. The standard InChI is InChI=1S/C16H24FN3OS/c1-3-18-15(20-11-16(2)7-4-8-22-16)19-10-12-5-6-14(21)13(17)9-12/h5-6,9,21H,3-4,7-8,10-11H2,1-2H3,(H2,18,19,20). The lowest BCUT2D eigenvalue weighted by Gasteiger charge is -2.24. The van der Waals surface area contributed by atoms with Gasteiger partial charge in [-0.25, -0.2) is 9.38 Å². The fourth-order valence-electron chi connectivity index (χ4n) is 2.41. The van der Waals surface area contributed by atoms with Crippen LogP contribution in [0.5, 0.6) is 5.75 Å². The lowest BCUT2D eigenvalue weighted by atomic mass is 10.1. The average Bonchev–Trinajstić information content (AvgIpc) is 2.93. The molecule has 3 N–H and O–H groups in total. The van der Waals surface area contributed by atoms with E-state index in [2.05, 4.69) is 22.5 Å². The van der Waals surface area contributed by atoms with Crippen LogP contribution < -0.4 is 10.6 Å². The number of halogens is 1. The van der Waals surface area contributed by atoms with Crippen molar-refractivity contribution in [2.45, 2.75) is 38.0 Å². The number of aromatic hydroxyl groups is 1. The first-order chi connectivity index (χ1) is 10.5. The molecule has 0 amide bonds. The maximum absolute atomic E-state index is 13.3. The van der Waals surface area contributed by atoms with Gasteiger partial charge in [0, 0.05) is 17.8 Å². The van der Waals surface area contributed by atoms with Gasteiger partial charge in [-0.2, -0.15) is 11.8 Å². The number of guanidine groups is 1. The second-order valence-electron chi connectivity index (χ2n) is 5.74. The number of rotatable bonds is 5. The van der Waals surface area contributed by atoms with Crippen LogP contribution in [-0.4, -0.2) is 34.7 Å². The van der Waals surface area contributed by atoms with E-state index in [1.54, 1.807) is 6.07 Å². The number of thioether (sulfide) groups is 1. The van der Waals surface area contributed by atoms with Gasteiger partial charge < -0.3 is 15.7 Å². The summed E-state index contributed by atoms with van der Waals surface area (Å²) in [5.74, 6) is 1.02.